The van der Waals surface area contributed by atoms with Gasteiger partial charge in [0.1, 0.15) is 12.6 Å². The van der Waals surface area contributed by atoms with Gasteiger partial charge in [-0.3, -0.25) is 9.59 Å². The third kappa shape index (κ3) is 5.67. The quantitative estimate of drug-likeness (QED) is 0.810. The van der Waals surface area contributed by atoms with Gasteiger partial charge in [-0.15, -0.1) is 0 Å². The number of hydrogen-bond donors (Lipinski definition) is 2. The number of hydrogen-bond acceptors (Lipinski definition) is 3. The highest BCUT2D eigenvalue weighted by Gasteiger charge is 2.25. The Morgan fingerprint density at radius 3 is 2.35 bits per heavy atom. The third-order valence-corrected chi connectivity index (χ3v) is 3.80. The van der Waals surface area contributed by atoms with Crippen molar-refractivity contribution in [3.8, 4) is 0 Å². The number of aryl methyl sites for hydroxylation is 2. The van der Waals surface area contributed by atoms with Gasteiger partial charge in [0.2, 0.25) is 11.8 Å². The molecule has 0 unspecified atom stereocenters. The van der Waals surface area contributed by atoms with Crippen molar-refractivity contribution in [3.63, 3.8) is 0 Å². The molecule has 2 amide bonds. The van der Waals surface area contributed by atoms with Crippen molar-refractivity contribution in [2.24, 2.45) is 5.92 Å². The van der Waals surface area contributed by atoms with Crippen LogP contribution < -0.4 is 10.6 Å². The van der Waals surface area contributed by atoms with Gasteiger partial charge in [0.25, 0.3) is 0 Å². The van der Waals surface area contributed by atoms with E-state index in [1.165, 1.54) is 7.11 Å². The molecule has 1 aromatic carbocycles. The maximum Gasteiger partial charge on any atom is 0.246 e. The van der Waals surface area contributed by atoms with Crippen LogP contribution in [0.2, 0.25) is 0 Å². The number of carbonyl (C=O) groups excluding carboxylic acids is 2. The van der Waals surface area contributed by atoms with Crippen molar-refractivity contribution in [1.82, 2.24) is 10.6 Å². The second kappa shape index (κ2) is 8.67. The highest BCUT2D eigenvalue weighted by Crippen LogP contribution is 2.19. The Labute approximate surface area is 138 Å². The summed E-state index contributed by atoms with van der Waals surface area (Å²) in [7, 11) is 1.45. The largest absolute Gasteiger partial charge is 0.375 e. The molecule has 1 aromatic rings. The zero-order valence-corrected chi connectivity index (χ0v) is 14.9. The minimum Gasteiger partial charge on any atom is -0.375 e. The minimum atomic E-state index is -0.579. The maximum absolute atomic E-state index is 12.5. The number of methoxy groups -OCH3 is 1. The fourth-order valence-electron chi connectivity index (χ4n) is 2.49. The molecule has 0 saturated carbocycles. The lowest BCUT2D eigenvalue weighted by Gasteiger charge is -2.25. The minimum absolute atomic E-state index is 0.0124. The van der Waals surface area contributed by atoms with Crippen LogP contribution in [-0.2, 0) is 14.3 Å². The molecular weight excluding hydrogens is 292 g/mol. The second-order valence-corrected chi connectivity index (χ2v) is 6.31. The second-order valence-electron chi connectivity index (χ2n) is 6.31. The van der Waals surface area contributed by atoms with E-state index in [1.54, 1.807) is 0 Å². The van der Waals surface area contributed by atoms with Crippen LogP contribution in [0.5, 0.6) is 0 Å². The molecule has 1 rings (SSSR count). The number of ether oxygens (including phenoxy) is 1. The summed E-state index contributed by atoms with van der Waals surface area (Å²) in [5.41, 5.74) is 3.37. The van der Waals surface area contributed by atoms with Gasteiger partial charge in [-0.1, -0.05) is 37.6 Å². The molecule has 2 N–H and O–H groups in total. The first-order chi connectivity index (χ1) is 10.8. The Kier molecular flexibility index (Phi) is 7.23. The molecule has 0 fully saturated rings. The monoisotopic (exact) mass is 320 g/mol. The molecule has 0 bridgehead atoms. The third-order valence-electron chi connectivity index (χ3n) is 3.80. The van der Waals surface area contributed by atoms with Gasteiger partial charge in [-0.25, -0.2) is 0 Å². The molecule has 0 saturated heterocycles. The summed E-state index contributed by atoms with van der Waals surface area (Å²) in [6, 6.07) is 5.48. The van der Waals surface area contributed by atoms with Crippen molar-refractivity contribution >= 4 is 11.8 Å². The summed E-state index contributed by atoms with van der Waals surface area (Å²) in [6.07, 6.45) is 0. The molecule has 0 aliphatic carbocycles. The number of amides is 2. The predicted octanol–water partition coefficient (Wildman–Crippen LogP) is 2.27. The van der Waals surface area contributed by atoms with Crippen LogP contribution in [-0.4, -0.2) is 31.6 Å². The van der Waals surface area contributed by atoms with Gasteiger partial charge in [-0.2, -0.15) is 0 Å². The van der Waals surface area contributed by atoms with Gasteiger partial charge >= 0.3 is 0 Å². The molecule has 0 aromatic heterocycles. The van der Waals surface area contributed by atoms with E-state index in [2.05, 4.69) is 22.8 Å². The van der Waals surface area contributed by atoms with Gasteiger partial charge in [0.05, 0.1) is 6.04 Å². The smallest absolute Gasteiger partial charge is 0.246 e. The topological polar surface area (TPSA) is 67.4 Å². The number of benzene rings is 1. The van der Waals surface area contributed by atoms with E-state index in [0.29, 0.717) is 0 Å². The van der Waals surface area contributed by atoms with E-state index in [9.17, 15) is 9.59 Å². The van der Waals surface area contributed by atoms with E-state index < -0.39 is 6.04 Å². The first kappa shape index (κ1) is 19.2. The normalized spacial score (nSPS) is 13.5. The van der Waals surface area contributed by atoms with Crippen LogP contribution in [0, 0.1) is 19.8 Å². The van der Waals surface area contributed by atoms with Crippen LogP contribution in [0.4, 0.5) is 0 Å². The molecule has 0 aliphatic heterocycles. The summed E-state index contributed by atoms with van der Waals surface area (Å²) >= 11 is 0. The fraction of sp³-hybridized carbons (Fsp3) is 0.556. The Morgan fingerprint density at radius 1 is 1.13 bits per heavy atom. The number of carbonyl (C=O) groups is 2. The SMILES string of the molecule is COCC(=O)N[C@H](C(=O)N[C@H](C)c1cc(C)ccc1C)C(C)C. The van der Waals surface area contributed by atoms with Gasteiger partial charge in [-0.05, 0) is 37.8 Å². The highest BCUT2D eigenvalue weighted by molar-refractivity contribution is 5.88. The molecule has 5 nitrogen and oxygen atoms in total. The summed E-state index contributed by atoms with van der Waals surface area (Å²) in [5.74, 6) is -0.486. The summed E-state index contributed by atoms with van der Waals surface area (Å²) in [5, 5.41) is 5.72. The predicted molar refractivity (Wildman–Crippen MR) is 91.1 cm³/mol. The Hall–Kier alpha value is -1.88. The van der Waals surface area contributed by atoms with Gasteiger partial charge in [0, 0.05) is 7.11 Å². The molecule has 0 spiro atoms. The molecule has 2 atom stereocenters. The van der Waals surface area contributed by atoms with E-state index in [4.69, 9.17) is 4.74 Å². The van der Waals surface area contributed by atoms with Crippen LogP contribution in [0.25, 0.3) is 0 Å². The average Bonchev–Trinajstić information content (AvgIpc) is 2.47. The number of nitrogens with one attached hydrogen (secondary N) is 2. The Balaban J connectivity index is 2.81. The van der Waals surface area contributed by atoms with Crippen LogP contribution >= 0.6 is 0 Å². The van der Waals surface area contributed by atoms with Gasteiger partial charge < -0.3 is 15.4 Å². The van der Waals surface area contributed by atoms with Gasteiger partial charge in [0.15, 0.2) is 0 Å². The lowest BCUT2D eigenvalue weighted by Crippen LogP contribution is -2.51. The summed E-state index contributed by atoms with van der Waals surface area (Å²) in [4.78, 5) is 24.2. The molecule has 128 valence electrons. The van der Waals surface area contributed by atoms with Crippen LogP contribution in [0.15, 0.2) is 18.2 Å². The molecule has 0 radical (unpaired) electrons. The zero-order chi connectivity index (χ0) is 17.6. The number of rotatable bonds is 7. The first-order valence-corrected chi connectivity index (χ1v) is 7.92. The fourth-order valence-corrected chi connectivity index (χ4v) is 2.49. The van der Waals surface area contributed by atoms with E-state index in [0.717, 1.165) is 16.7 Å². The average molecular weight is 320 g/mol. The van der Waals surface area contributed by atoms with Crippen molar-refractivity contribution in [2.75, 3.05) is 13.7 Å². The molecule has 0 aliphatic rings. The Bertz CT molecular complexity index is 555. The van der Waals surface area contributed by atoms with E-state index in [1.807, 2.05) is 40.7 Å². The van der Waals surface area contributed by atoms with Crippen molar-refractivity contribution in [1.29, 1.82) is 0 Å². The Morgan fingerprint density at radius 2 is 1.78 bits per heavy atom. The molecule has 23 heavy (non-hydrogen) atoms. The first-order valence-electron chi connectivity index (χ1n) is 7.92. The van der Waals surface area contributed by atoms with Crippen molar-refractivity contribution in [3.05, 3.63) is 34.9 Å². The van der Waals surface area contributed by atoms with Crippen LogP contribution in [0.3, 0.4) is 0 Å². The van der Waals surface area contributed by atoms with E-state index >= 15 is 0 Å². The molecular formula is C18H28N2O3. The summed E-state index contributed by atoms with van der Waals surface area (Å²) < 4.78 is 4.80. The van der Waals surface area contributed by atoms with Crippen LogP contribution in [0.1, 0.15) is 43.5 Å². The van der Waals surface area contributed by atoms with E-state index in [-0.39, 0.29) is 30.4 Å². The standard InChI is InChI=1S/C18H28N2O3/c1-11(2)17(20-16(21)10-23-6)18(22)19-14(5)15-9-12(3)7-8-13(15)4/h7-9,11,14,17H,10H2,1-6H3,(H,19,22)(H,20,21)/t14-,17+/m1/s1. The van der Waals surface area contributed by atoms with Crippen molar-refractivity contribution < 1.29 is 14.3 Å². The molecule has 0 heterocycles. The lowest BCUT2D eigenvalue weighted by molar-refractivity contribution is -0.132. The summed E-state index contributed by atoms with van der Waals surface area (Å²) in [6.45, 7) is 9.76. The lowest BCUT2D eigenvalue weighted by atomic mass is 9.98. The highest BCUT2D eigenvalue weighted by atomic mass is 16.5. The van der Waals surface area contributed by atoms with Crippen molar-refractivity contribution in [2.45, 2.75) is 46.7 Å². The molecule has 5 heteroatoms. The maximum atomic E-state index is 12.5. The zero-order valence-electron chi connectivity index (χ0n) is 14.9.